The molecule has 1 fully saturated rings. The smallest absolute Gasteiger partial charge is 0.417 e. The topological polar surface area (TPSA) is 72.6 Å². The standard InChI is InChI=1S/C22H22N2O4/c1-22(2)18(14-15-8-4-3-5-9-15)24(21(26)28-22)20(25)13-12-19-23-16-10-6-7-11-17(16)27-19/h3-11,18H,12-14H2,1-2H3/t18-/m0/s1. The summed E-state index contributed by atoms with van der Waals surface area (Å²) < 4.78 is 11.2. The zero-order chi connectivity index (χ0) is 19.7. The fourth-order valence-electron chi connectivity index (χ4n) is 3.59. The van der Waals surface area contributed by atoms with Crippen LogP contribution in [0.4, 0.5) is 4.79 Å². The maximum Gasteiger partial charge on any atom is 0.417 e. The van der Waals surface area contributed by atoms with Gasteiger partial charge in [0.1, 0.15) is 11.1 Å². The van der Waals surface area contributed by atoms with E-state index in [1.54, 1.807) is 0 Å². The molecule has 0 N–H and O–H groups in total. The number of benzene rings is 2. The average Bonchev–Trinajstić information content (AvgIpc) is 3.18. The van der Waals surface area contributed by atoms with Crippen molar-refractivity contribution in [3.8, 4) is 0 Å². The van der Waals surface area contributed by atoms with Crippen LogP contribution in [0.3, 0.4) is 0 Å². The number of ether oxygens (including phenoxy) is 1. The number of nitrogens with zero attached hydrogens (tertiary/aromatic N) is 2. The second-order valence-electron chi connectivity index (χ2n) is 7.52. The summed E-state index contributed by atoms with van der Waals surface area (Å²) in [5.41, 5.74) is 1.75. The van der Waals surface area contributed by atoms with E-state index in [0.717, 1.165) is 11.1 Å². The van der Waals surface area contributed by atoms with Crippen LogP contribution in [0.1, 0.15) is 31.7 Å². The van der Waals surface area contributed by atoms with Crippen LogP contribution in [-0.4, -0.2) is 33.5 Å². The molecule has 0 radical (unpaired) electrons. The monoisotopic (exact) mass is 378 g/mol. The van der Waals surface area contributed by atoms with E-state index >= 15 is 0 Å². The van der Waals surface area contributed by atoms with E-state index in [9.17, 15) is 9.59 Å². The molecule has 4 rings (SSSR count). The lowest BCUT2D eigenvalue weighted by Gasteiger charge is -2.28. The Kier molecular flexibility index (Phi) is 4.63. The van der Waals surface area contributed by atoms with Crippen molar-refractivity contribution in [3.05, 3.63) is 66.1 Å². The quantitative estimate of drug-likeness (QED) is 0.667. The fraction of sp³-hybridized carbons (Fsp3) is 0.318. The minimum absolute atomic E-state index is 0.128. The summed E-state index contributed by atoms with van der Waals surface area (Å²) in [5.74, 6) is 0.208. The highest BCUT2D eigenvalue weighted by Gasteiger charge is 2.50. The number of carbonyl (C=O) groups is 2. The lowest BCUT2D eigenvalue weighted by atomic mass is 9.92. The van der Waals surface area contributed by atoms with Gasteiger partial charge in [0.15, 0.2) is 11.5 Å². The number of rotatable bonds is 5. The van der Waals surface area contributed by atoms with E-state index in [0.29, 0.717) is 24.3 Å². The van der Waals surface area contributed by atoms with Gasteiger partial charge in [-0.1, -0.05) is 42.5 Å². The molecule has 0 bridgehead atoms. The van der Waals surface area contributed by atoms with Gasteiger partial charge in [-0.15, -0.1) is 0 Å². The first-order valence-electron chi connectivity index (χ1n) is 9.37. The molecule has 1 aromatic heterocycles. The number of para-hydroxylation sites is 2. The second-order valence-corrected chi connectivity index (χ2v) is 7.52. The molecule has 28 heavy (non-hydrogen) atoms. The van der Waals surface area contributed by atoms with E-state index in [4.69, 9.17) is 9.15 Å². The molecule has 3 aromatic rings. The van der Waals surface area contributed by atoms with Crippen LogP contribution in [0.2, 0.25) is 0 Å². The van der Waals surface area contributed by atoms with Gasteiger partial charge in [0.25, 0.3) is 0 Å². The Morgan fingerprint density at radius 1 is 1.11 bits per heavy atom. The Balaban J connectivity index is 1.49. The summed E-state index contributed by atoms with van der Waals surface area (Å²) in [5, 5.41) is 0. The lowest BCUT2D eigenvalue weighted by molar-refractivity contribution is -0.129. The van der Waals surface area contributed by atoms with E-state index in [-0.39, 0.29) is 18.4 Å². The molecule has 6 heteroatoms. The molecule has 2 amide bonds. The summed E-state index contributed by atoms with van der Waals surface area (Å²) in [4.78, 5) is 31.0. The molecule has 0 unspecified atom stereocenters. The molecule has 1 aliphatic rings. The zero-order valence-corrected chi connectivity index (χ0v) is 15.9. The number of amides is 2. The molecule has 1 saturated heterocycles. The number of imide groups is 1. The summed E-state index contributed by atoms with van der Waals surface area (Å²) in [7, 11) is 0. The number of hydrogen-bond acceptors (Lipinski definition) is 5. The number of hydrogen-bond donors (Lipinski definition) is 0. The van der Waals surface area contributed by atoms with Crippen LogP contribution >= 0.6 is 0 Å². The Hall–Kier alpha value is -3.15. The molecule has 2 heterocycles. The highest BCUT2D eigenvalue weighted by atomic mass is 16.6. The molecular formula is C22H22N2O4. The maximum atomic E-state index is 12.9. The van der Waals surface area contributed by atoms with E-state index in [1.165, 1.54) is 4.90 Å². The molecule has 6 nitrogen and oxygen atoms in total. The molecule has 0 saturated carbocycles. The van der Waals surface area contributed by atoms with Gasteiger partial charge in [0, 0.05) is 12.8 Å². The Morgan fingerprint density at radius 3 is 2.57 bits per heavy atom. The van der Waals surface area contributed by atoms with Gasteiger partial charge in [-0.3, -0.25) is 4.79 Å². The lowest BCUT2D eigenvalue weighted by Crippen LogP contribution is -2.46. The van der Waals surface area contributed by atoms with Gasteiger partial charge in [-0.25, -0.2) is 14.7 Å². The molecule has 0 spiro atoms. The van der Waals surface area contributed by atoms with E-state index in [1.807, 2.05) is 68.4 Å². The number of cyclic esters (lactones) is 1. The normalized spacial score (nSPS) is 18.4. The van der Waals surface area contributed by atoms with Crippen LogP contribution in [0.25, 0.3) is 11.1 Å². The molecule has 1 aliphatic heterocycles. The Labute approximate surface area is 163 Å². The number of carbonyl (C=O) groups excluding carboxylic acids is 2. The molecular weight excluding hydrogens is 356 g/mol. The van der Waals surface area contributed by atoms with Gasteiger partial charge < -0.3 is 9.15 Å². The SMILES string of the molecule is CC1(C)OC(=O)N(C(=O)CCc2nc3ccccc3o2)[C@H]1Cc1ccccc1. The summed E-state index contributed by atoms with van der Waals surface area (Å²) in [6.45, 7) is 3.68. The van der Waals surface area contributed by atoms with Crippen molar-refractivity contribution < 1.29 is 18.7 Å². The van der Waals surface area contributed by atoms with Crippen LogP contribution in [0, 0.1) is 0 Å². The number of fused-ring (bicyclic) bond motifs is 1. The first-order chi connectivity index (χ1) is 13.4. The largest absolute Gasteiger partial charge is 0.441 e. The third-order valence-corrected chi connectivity index (χ3v) is 5.09. The van der Waals surface area contributed by atoms with Gasteiger partial charge in [-0.2, -0.15) is 0 Å². The van der Waals surface area contributed by atoms with Crippen molar-refractivity contribution >= 4 is 23.1 Å². The van der Waals surface area contributed by atoms with E-state index in [2.05, 4.69) is 4.98 Å². The third-order valence-electron chi connectivity index (χ3n) is 5.09. The van der Waals surface area contributed by atoms with Crippen LogP contribution in [-0.2, 0) is 22.4 Å². The minimum Gasteiger partial charge on any atom is -0.441 e. The first-order valence-corrected chi connectivity index (χ1v) is 9.37. The van der Waals surface area contributed by atoms with Gasteiger partial charge in [-0.05, 0) is 38.0 Å². The third kappa shape index (κ3) is 3.50. The molecule has 1 atom stereocenters. The van der Waals surface area contributed by atoms with Crippen molar-refractivity contribution in [2.45, 2.75) is 44.8 Å². The molecule has 2 aromatic carbocycles. The predicted octanol–water partition coefficient (Wildman–Crippen LogP) is 4.13. The first kappa shape index (κ1) is 18.2. The zero-order valence-electron chi connectivity index (χ0n) is 15.9. The van der Waals surface area contributed by atoms with Crippen molar-refractivity contribution in [3.63, 3.8) is 0 Å². The summed E-state index contributed by atoms with van der Waals surface area (Å²) >= 11 is 0. The van der Waals surface area contributed by atoms with Crippen molar-refractivity contribution in [1.29, 1.82) is 0 Å². The van der Waals surface area contributed by atoms with E-state index < -0.39 is 11.7 Å². The van der Waals surface area contributed by atoms with Crippen LogP contribution in [0.5, 0.6) is 0 Å². The fourth-order valence-corrected chi connectivity index (χ4v) is 3.59. The van der Waals surface area contributed by atoms with Crippen molar-refractivity contribution in [2.75, 3.05) is 0 Å². The van der Waals surface area contributed by atoms with Gasteiger partial charge >= 0.3 is 6.09 Å². The van der Waals surface area contributed by atoms with Crippen molar-refractivity contribution in [2.24, 2.45) is 0 Å². The number of oxazole rings is 1. The summed E-state index contributed by atoms with van der Waals surface area (Å²) in [6.07, 6.45) is 0.418. The maximum absolute atomic E-state index is 12.9. The predicted molar refractivity (Wildman–Crippen MR) is 104 cm³/mol. The molecule has 144 valence electrons. The van der Waals surface area contributed by atoms with Crippen molar-refractivity contribution in [1.82, 2.24) is 9.88 Å². The molecule has 0 aliphatic carbocycles. The highest BCUT2D eigenvalue weighted by Crippen LogP contribution is 2.32. The second kappa shape index (κ2) is 7.11. The highest BCUT2D eigenvalue weighted by molar-refractivity contribution is 5.94. The van der Waals surface area contributed by atoms with Gasteiger partial charge in [0.05, 0.1) is 6.04 Å². The van der Waals surface area contributed by atoms with Crippen LogP contribution < -0.4 is 0 Å². The number of aromatic nitrogens is 1. The van der Waals surface area contributed by atoms with Crippen LogP contribution in [0.15, 0.2) is 59.0 Å². The van der Waals surface area contributed by atoms with Gasteiger partial charge in [0.2, 0.25) is 5.91 Å². The number of aryl methyl sites for hydroxylation is 1. The average molecular weight is 378 g/mol. The summed E-state index contributed by atoms with van der Waals surface area (Å²) in [6, 6.07) is 16.9. The Bertz CT molecular complexity index is 977. The minimum atomic E-state index is -0.750. The Morgan fingerprint density at radius 2 is 1.82 bits per heavy atom.